The Labute approximate surface area is 114 Å². The highest BCUT2D eigenvalue weighted by atomic mass is 32.2. The fourth-order valence-corrected chi connectivity index (χ4v) is 1.64. The molecule has 0 aliphatic carbocycles. The van der Waals surface area contributed by atoms with Gasteiger partial charge in [-0.3, -0.25) is 0 Å². The van der Waals surface area contributed by atoms with E-state index < -0.39 is 28.8 Å². The van der Waals surface area contributed by atoms with Crippen LogP contribution in [-0.4, -0.2) is 28.2 Å². The van der Waals surface area contributed by atoms with E-state index >= 15 is 0 Å². The highest BCUT2D eigenvalue weighted by Crippen LogP contribution is 2.15. The number of hydrogen-bond acceptors (Lipinski definition) is 2. The SMILES string of the molecule is CC(C)(C)[S@](=O)/N=C/c1cccc(OCC(F)F)c1. The Balaban J connectivity index is 2.72. The lowest BCUT2D eigenvalue weighted by molar-refractivity contribution is 0.0819. The van der Waals surface area contributed by atoms with Crippen molar-refractivity contribution in [2.24, 2.45) is 4.40 Å². The number of alkyl halides is 2. The summed E-state index contributed by atoms with van der Waals surface area (Å²) in [7, 11) is -1.35. The van der Waals surface area contributed by atoms with Crippen molar-refractivity contribution >= 4 is 17.2 Å². The number of benzene rings is 1. The minimum atomic E-state index is -2.51. The van der Waals surface area contributed by atoms with Crippen LogP contribution in [0.15, 0.2) is 28.7 Å². The summed E-state index contributed by atoms with van der Waals surface area (Å²) in [5.41, 5.74) is 0.657. The molecule has 6 heteroatoms. The van der Waals surface area contributed by atoms with Gasteiger partial charge in [-0.2, -0.15) is 4.40 Å². The van der Waals surface area contributed by atoms with Crippen molar-refractivity contribution in [2.75, 3.05) is 6.61 Å². The van der Waals surface area contributed by atoms with Crippen LogP contribution >= 0.6 is 0 Å². The second-order valence-electron chi connectivity index (χ2n) is 4.87. The lowest BCUT2D eigenvalue weighted by Crippen LogP contribution is -2.19. The lowest BCUT2D eigenvalue weighted by atomic mass is 10.2. The first-order chi connectivity index (χ1) is 8.79. The summed E-state index contributed by atoms with van der Waals surface area (Å²) in [4.78, 5) is 0. The molecule has 3 nitrogen and oxygen atoms in total. The van der Waals surface area contributed by atoms with Crippen molar-refractivity contribution in [3.63, 3.8) is 0 Å². The third-order valence-electron chi connectivity index (χ3n) is 2.06. The first-order valence-corrected chi connectivity index (χ1v) is 6.87. The molecule has 0 aromatic heterocycles. The van der Waals surface area contributed by atoms with Gasteiger partial charge in [-0.25, -0.2) is 13.0 Å². The summed E-state index contributed by atoms with van der Waals surface area (Å²) in [6, 6.07) is 6.56. The van der Waals surface area contributed by atoms with Gasteiger partial charge in [-0.05, 0) is 38.5 Å². The molecule has 1 rings (SSSR count). The summed E-state index contributed by atoms with van der Waals surface area (Å²) in [5, 5.41) is 0. The van der Waals surface area contributed by atoms with Crippen molar-refractivity contribution in [1.82, 2.24) is 0 Å². The molecule has 0 bridgehead atoms. The average molecular weight is 289 g/mol. The normalized spacial score (nSPS) is 14.0. The van der Waals surface area contributed by atoms with E-state index in [9.17, 15) is 13.0 Å². The second-order valence-corrected chi connectivity index (χ2v) is 6.80. The van der Waals surface area contributed by atoms with Crippen LogP contribution < -0.4 is 4.74 Å². The fraction of sp³-hybridized carbons (Fsp3) is 0.462. The second kappa shape index (κ2) is 6.75. The van der Waals surface area contributed by atoms with Gasteiger partial charge in [-0.15, -0.1) is 0 Å². The Bertz CT molecular complexity index is 470. The molecule has 0 saturated heterocycles. The Morgan fingerprint density at radius 3 is 2.68 bits per heavy atom. The number of hydrogen-bond donors (Lipinski definition) is 0. The zero-order valence-electron chi connectivity index (χ0n) is 11.1. The third kappa shape index (κ3) is 5.92. The molecule has 0 aliphatic heterocycles. The molecule has 1 aromatic rings. The van der Waals surface area contributed by atoms with Crippen molar-refractivity contribution < 1.29 is 17.7 Å². The standard InChI is InChI=1S/C13H17F2NO2S/c1-13(2,3)19(17)16-8-10-5-4-6-11(7-10)18-9-12(14)15/h4-8,12H,9H2,1-3H3/b16-8+/t19-/m0/s1. The Morgan fingerprint density at radius 2 is 2.11 bits per heavy atom. The summed E-state index contributed by atoms with van der Waals surface area (Å²) in [6.45, 7) is 4.82. The van der Waals surface area contributed by atoms with Gasteiger partial charge in [0, 0.05) is 6.21 Å². The highest BCUT2D eigenvalue weighted by molar-refractivity contribution is 7.85. The van der Waals surface area contributed by atoms with Crippen LogP contribution in [0, 0.1) is 0 Å². The highest BCUT2D eigenvalue weighted by Gasteiger charge is 2.18. The molecule has 0 spiro atoms. The van der Waals surface area contributed by atoms with Crippen LogP contribution in [0.4, 0.5) is 8.78 Å². The zero-order valence-corrected chi connectivity index (χ0v) is 11.9. The van der Waals surface area contributed by atoms with Crippen molar-refractivity contribution in [3.8, 4) is 5.75 Å². The van der Waals surface area contributed by atoms with E-state index in [-0.39, 0.29) is 0 Å². The topological polar surface area (TPSA) is 38.7 Å². The van der Waals surface area contributed by atoms with E-state index in [1.165, 1.54) is 6.21 Å². The first kappa shape index (κ1) is 15.8. The summed E-state index contributed by atoms with van der Waals surface area (Å²) in [5.74, 6) is 0.339. The zero-order chi connectivity index (χ0) is 14.5. The fourth-order valence-electron chi connectivity index (χ4n) is 1.11. The van der Waals surface area contributed by atoms with E-state index in [0.717, 1.165) is 0 Å². The van der Waals surface area contributed by atoms with Crippen LogP contribution in [0.25, 0.3) is 0 Å². The van der Waals surface area contributed by atoms with E-state index in [1.54, 1.807) is 24.3 Å². The molecule has 106 valence electrons. The van der Waals surface area contributed by atoms with Gasteiger partial charge >= 0.3 is 0 Å². The van der Waals surface area contributed by atoms with Gasteiger partial charge in [0.15, 0.2) is 0 Å². The van der Waals surface area contributed by atoms with Crippen molar-refractivity contribution in [1.29, 1.82) is 0 Å². The van der Waals surface area contributed by atoms with Gasteiger partial charge in [-0.1, -0.05) is 12.1 Å². The minimum Gasteiger partial charge on any atom is -0.488 e. The molecular formula is C13H17F2NO2S. The van der Waals surface area contributed by atoms with E-state index in [4.69, 9.17) is 4.74 Å². The predicted octanol–water partition coefficient (Wildman–Crippen LogP) is 3.21. The molecule has 0 fully saturated rings. The Kier molecular flexibility index (Phi) is 5.60. The Hall–Kier alpha value is -1.30. The maximum atomic E-state index is 12.0. The van der Waals surface area contributed by atoms with Gasteiger partial charge < -0.3 is 4.74 Å². The molecule has 0 amide bonds. The van der Waals surface area contributed by atoms with Crippen LogP contribution in [0.3, 0.4) is 0 Å². The number of nitrogens with zero attached hydrogens (tertiary/aromatic N) is 1. The Morgan fingerprint density at radius 1 is 1.42 bits per heavy atom. The molecule has 0 radical (unpaired) electrons. The molecule has 1 atom stereocenters. The molecule has 0 heterocycles. The van der Waals surface area contributed by atoms with Crippen LogP contribution in [0.5, 0.6) is 5.75 Å². The first-order valence-electron chi connectivity index (χ1n) is 5.76. The van der Waals surface area contributed by atoms with Gasteiger partial charge in [0.05, 0.1) is 4.75 Å². The summed E-state index contributed by atoms with van der Waals surface area (Å²) < 4.78 is 44.2. The van der Waals surface area contributed by atoms with Gasteiger partial charge in [0.25, 0.3) is 6.43 Å². The maximum Gasteiger partial charge on any atom is 0.272 e. The van der Waals surface area contributed by atoms with E-state index in [0.29, 0.717) is 11.3 Å². The van der Waals surface area contributed by atoms with Gasteiger partial charge in [0.1, 0.15) is 23.3 Å². The largest absolute Gasteiger partial charge is 0.488 e. The average Bonchev–Trinajstić information content (AvgIpc) is 2.32. The minimum absolute atomic E-state index is 0.339. The molecular weight excluding hydrogens is 272 g/mol. The van der Waals surface area contributed by atoms with E-state index in [1.807, 2.05) is 20.8 Å². The summed E-state index contributed by atoms with van der Waals surface area (Å²) in [6.07, 6.45) is -1.05. The molecule has 1 aromatic carbocycles. The van der Waals surface area contributed by atoms with Crippen molar-refractivity contribution in [3.05, 3.63) is 29.8 Å². The molecule has 0 saturated carbocycles. The third-order valence-corrected chi connectivity index (χ3v) is 3.40. The smallest absolute Gasteiger partial charge is 0.272 e. The molecule has 0 N–H and O–H groups in total. The molecule has 0 aliphatic rings. The van der Waals surface area contributed by atoms with Crippen molar-refractivity contribution in [2.45, 2.75) is 31.9 Å². The lowest BCUT2D eigenvalue weighted by Gasteiger charge is -2.12. The van der Waals surface area contributed by atoms with E-state index in [2.05, 4.69) is 4.40 Å². The van der Waals surface area contributed by atoms with Crippen LogP contribution in [0.2, 0.25) is 0 Å². The van der Waals surface area contributed by atoms with Crippen LogP contribution in [0.1, 0.15) is 26.3 Å². The monoisotopic (exact) mass is 289 g/mol. The quantitative estimate of drug-likeness (QED) is 0.781. The summed E-state index contributed by atoms with van der Waals surface area (Å²) >= 11 is 0. The molecule has 19 heavy (non-hydrogen) atoms. The predicted molar refractivity (Wildman–Crippen MR) is 73.4 cm³/mol. The maximum absolute atomic E-state index is 12.0. The number of rotatable bonds is 5. The molecule has 0 unspecified atom stereocenters. The van der Waals surface area contributed by atoms with Gasteiger partial charge in [0.2, 0.25) is 0 Å². The number of halogens is 2. The number of ether oxygens (including phenoxy) is 1. The van der Waals surface area contributed by atoms with Crippen LogP contribution in [-0.2, 0) is 11.0 Å².